The maximum Gasteiger partial charge on any atom is 0.253 e. The number of nitrogens with zero attached hydrogens (tertiary/aromatic N) is 1. The molecule has 1 amide bonds. The van der Waals surface area contributed by atoms with Gasteiger partial charge < -0.3 is 10.6 Å². The van der Waals surface area contributed by atoms with Crippen LogP contribution in [0, 0.1) is 12.7 Å². The summed E-state index contributed by atoms with van der Waals surface area (Å²) in [5.74, 6) is -0.0605. The van der Waals surface area contributed by atoms with Crippen molar-refractivity contribution < 1.29 is 9.18 Å². The van der Waals surface area contributed by atoms with Gasteiger partial charge in [0.2, 0.25) is 0 Å². The van der Waals surface area contributed by atoms with Gasteiger partial charge in [0, 0.05) is 29.0 Å². The van der Waals surface area contributed by atoms with Crippen LogP contribution in [0.15, 0.2) is 60.8 Å². The Bertz CT molecular complexity index is 929. The quantitative estimate of drug-likeness (QED) is 0.675. The largest absolute Gasteiger partial charge is 0.348 e. The highest BCUT2D eigenvalue weighted by atomic mass is 35.5. The molecule has 4 nitrogen and oxygen atoms in total. The minimum absolute atomic E-state index is 0.118. The lowest BCUT2D eigenvalue weighted by molar-refractivity contribution is 0.0950. The van der Waals surface area contributed by atoms with Gasteiger partial charge in [-0.05, 0) is 42.8 Å². The monoisotopic (exact) mass is 369 g/mol. The normalized spacial score (nSPS) is 10.4. The molecule has 0 aliphatic heterocycles. The lowest BCUT2D eigenvalue weighted by Gasteiger charge is -2.10. The number of aromatic nitrogens is 1. The van der Waals surface area contributed by atoms with Gasteiger partial charge in [0.25, 0.3) is 5.91 Å². The molecule has 132 valence electrons. The van der Waals surface area contributed by atoms with E-state index < -0.39 is 0 Å². The SMILES string of the molecule is Cc1ccc(Cl)cc1Nc1ccc(C(=O)NCc2ccccc2F)cn1. The van der Waals surface area contributed by atoms with Crippen LogP contribution in [0.5, 0.6) is 0 Å². The van der Waals surface area contributed by atoms with Crippen LogP contribution in [0.4, 0.5) is 15.9 Å². The molecule has 3 rings (SSSR count). The van der Waals surface area contributed by atoms with Crippen molar-refractivity contribution in [2.45, 2.75) is 13.5 Å². The smallest absolute Gasteiger partial charge is 0.253 e. The van der Waals surface area contributed by atoms with Crippen molar-refractivity contribution in [3.63, 3.8) is 0 Å². The molecule has 6 heteroatoms. The molecule has 0 radical (unpaired) electrons. The van der Waals surface area contributed by atoms with Gasteiger partial charge in [-0.15, -0.1) is 0 Å². The molecule has 0 bridgehead atoms. The number of amides is 1. The van der Waals surface area contributed by atoms with Crippen LogP contribution in [-0.2, 0) is 6.54 Å². The fraction of sp³-hybridized carbons (Fsp3) is 0.100. The molecule has 0 spiro atoms. The number of halogens is 2. The summed E-state index contributed by atoms with van der Waals surface area (Å²) < 4.78 is 13.6. The second-order valence-electron chi connectivity index (χ2n) is 5.79. The summed E-state index contributed by atoms with van der Waals surface area (Å²) in [6, 6.07) is 15.2. The summed E-state index contributed by atoms with van der Waals surface area (Å²) in [4.78, 5) is 16.4. The Hall–Kier alpha value is -2.92. The fourth-order valence-electron chi connectivity index (χ4n) is 2.39. The van der Waals surface area contributed by atoms with E-state index in [1.165, 1.54) is 12.3 Å². The van der Waals surface area contributed by atoms with E-state index >= 15 is 0 Å². The lowest BCUT2D eigenvalue weighted by atomic mass is 10.2. The first kappa shape index (κ1) is 17.9. The number of pyridine rings is 1. The maximum absolute atomic E-state index is 13.6. The Morgan fingerprint density at radius 1 is 1.15 bits per heavy atom. The predicted octanol–water partition coefficient (Wildman–Crippen LogP) is 4.86. The molecule has 0 aliphatic rings. The Balaban J connectivity index is 1.64. The molecule has 0 aliphatic carbocycles. The number of carbonyl (C=O) groups is 1. The van der Waals surface area contributed by atoms with E-state index in [-0.39, 0.29) is 18.3 Å². The van der Waals surface area contributed by atoms with Crippen molar-refractivity contribution >= 4 is 29.0 Å². The Kier molecular flexibility index (Phi) is 5.49. The minimum atomic E-state index is -0.345. The third kappa shape index (κ3) is 4.37. The molecule has 26 heavy (non-hydrogen) atoms. The zero-order valence-corrected chi connectivity index (χ0v) is 14.8. The Morgan fingerprint density at radius 2 is 1.96 bits per heavy atom. The number of aryl methyl sites for hydroxylation is 1. The van der Waals surface area contributed by atoms with E-state index in [1.807, 2.05) is 25.1 Å². The van der Waals surface area contributed by atoms with Gasteiger partial charge >= 0.3 is 0 Å². The zero-order chi connectivity index (χ0) is 18.5. The highest BCUT2D eigenvalue weighted by Crippen LogP contribution is 2.23. The molecule has 0 unspecified atom stereocenters. The van der Waals surface area contributed by atoms with Crippen LogP contribution in [0.2, 0.25) is 5.02 Å². The number of hydrogen-bond acceptors (Lipinski definition) is 3. The number of benzene rings is 2. The molecule has 3 aromatic rings. The van der Waals surface area contributed by atoms with Crippen molar-refractivity contribution in [2.75, 3.05) is 5.32 Å². The first-order valence-corrected chi connectivity index (χ1v) is 8.41. The number of hydrogen-bond donors (Lipinski definition) is 2. The summed E-state index contributed by atoms with van der Waals surface area (Å²) in [6.07, 6.45) is 1.47. The van der Waals surface area contributed by atoms with Crippen LogP contribution in [0.1, 0.15) is 21.5 Å². The molecule has 1 aromatic heterocycles. The molecule has 2 N–H and O–H groups in total. The van der Waals surface area contributed by atoms with Crippen LogP contribution in [0.25, 0.3) is 0 Å². The molecular formula is C20H17ClFN3O. The number of carbonyl (C=O) groups excluding carboxylic acids is 1. The zero-order valence-electron chi connectivity index (χ0n) is 14.1. The fourth-order valence-corrected chi connectivity index (χ4v) is 2.56. The molecule has 0 saturated heterocycles. The van der Waals surface area contributed by atoms with E-state index in [0.717, 1.165) is 11.3 Å². The van der Waals surface area contributed by atoms with Crippen LogP contribution >= 0.6 is 11.6 Å². The summed E-state index contributed by atoms with van der Waals surface area (Å²) in [6.45, 7) is 2.08. The molecule has 2 aromatic carbocycles. The van der Waals surface area contributed by atoms with Gasteiger partial charge in [0.15, 0.2) is 0 Å². The van der Waals surface area contributed by atoms with Crippen molar-refractivity contribution in [1.82, 2.24) is 10.3 Å². The van der Waals surface area contributed by atoms with E-state index in [2.05, 4.69) is 15.6 Å². The van der Waals surface area contributed by atoms with Gasteiger partial charge in [-0.3, -0.25) is 4.79 Å². The molecule has 0 atom stereocenters. The minimum Gasteiger partial charge on any atom is -0.348 e. The molecule has 1 heterocycles. The van der Waals surface area contributed by atoms with Crippen LogP contribution in [-0.4, -0.2) is 10.9 Å². The van der Waals surface area contributed by atoms with Crippen molar-refractivity contribution in [3.8, 4) is 0 Å². The van der Waals surface area contributed by atoms with E-state index in [9.17, 15) is 9.18 Å². The number of rotatable bonds is 5. The predicted molar refractivity (Wildman–Crippen MR) is 101 cm³/mol. The maximum atomic E-state index is 13.6. The van der Waals surface area contributed by atoms with Crippen molar-refractivity contribution in [1.29, 1.82) is 0 Å². The lowest BCUT2D eigenvalue weighted by Crippen LogP contribution is -2.23. The topological polar surface area (TPSA) is 54.0 Å². The standard InChI is InChI=1S/C20H17ClFN3O/c1-13-6-8-16(21)10-18(13)25-19-9-7-15(12-23-19)20(26)24-11-14-4-2-3-5-17(14)22/h2-10,12H,11H2,1H3,(H,23,25)(H,24,26). The van der Waals surface area contributed by atoms with Crippen LogP contribution in [0.3, 0.4) is 0 Å². The van der Waals surface area contributed by atoms with E-state index in [1.54, 1.807) is 30.3 Å². The second kappa shape index (κ2) is 7.97. The highest BCUT2D eigenvalue weighted by Gasteiger charge is 2.08. The summed E-state index contributed by atoms with van der Waals surface area (Å²) in [5.41, 5.74) is 2.71. The average molecular weight is 370 g/mol. The third-order valence-electron chi connectivity index (χ3n) is 3.89. The number of nitrogens with one attached hydrogen (secondary N) is 2. The Labute approximate surface area is 156 Å². The number of anilines is 2. The van der Waals surface area contributed by atoms with Gasteiger partial charge in [-0.1, -0.05) is 35.9 Å². The highest BCUT2D eigenvalue weighted by molar-refractivity contribution is 6.30. The Morgan fingerprint density at radius 3 is 2.69 bits per heavy atom. The molecule has 0 saturated carbocycles. The average Bonchev–Trinajstić information content (AvgIpc) is 2.64. The van der Waals surface area contributed by atoms with Crippen molar-refractivity contribution in [3.05, 3.63) is 88.3 Å². The van der Waals surface area contributed by atoms with Crippen LogP contribution < -0.4 is 10.6 Å². The summed E-state index contributed by atoms with van der Waals surface area (Å²) in [7, 11) is 0. The first-order chi connectivity index (χ1) is 12.5. The van der Waals surface area contributed by atoms with E-state index in [0.29, 0.717) is 22.0 Å². The molecular weight excluding hydrogens is 353 g/mol. The summed E-state index contributed by atoms with van der Waals surface area (Å²) in [5, 5.41) is 6.48. The first-order valence-electron chi connectivity index (χ1n) is 8.04. The summed E-state index contributed by atoms with van der Waals surface area (Å²) >= 11 is 6.01. The van der Waals surface area contributed by atoms with Gasteiger partial charge in [-0.25, -0.2) is 9.37 Å². The second-order valence-corrected chi connectivity index (χ2v) is 6.23. The third-order valence-corrected chi connectivity index (χ3v) is 4.12. The van der Waals surface area contributed by atoms with Gasteiger partial charge in [0.1, 0.15) is 11.6 Å². The van der Waals surface area contributed by atoms with Gasteiger partial charge in [-0.2, -0.15) is 0 Å². The van der Waals surface area contributed by atoms with Gasteiger partial charge in [0.05, 0.1) is 5.56 Å². The van der Waals surface area contributed by atoms with E-state index in [4.69, 9.17) is 11.6 Å². The van der Waals surface area contributed by atoms with Crippen molar-refractivity contribution in [2.24, 2.45) is 0 Å². The molecule has 0 fully saturated rings.